The Morgan fingerprint density at radius 2 is 1.95 bits per heavy atom. The van der Waals surface area contributed by atoms with Gasteiger partial charge in [-0.25, -0.2) is 4.98 Å². The standard InChI is InChI=1S/C17H22N4/c1-20(2)12-17-19-15-10-13-6-3-4-7-14(13)11-16(15)21(17)9-5-8-18/h10-11H,3-7,9,12H2,1-2H3. The van der Waals surface area contributed by atoms with E-state index in [0.717, 1.165) is 24.4 Å². The van der Waals surface area contributed by atoms with Crippen molar-refractivity contribution < 1.29 is 0 Å². The van der Waals surface area contributed by atoms with E-state index in [0.29, 0.717) is 6.42 Å². The summed E-state index contributed by atoms with van der Waals surface area (Å²) in [4.78, 5) is 6.95. The molecule has 0 atom stereocenters. The van der Waals surface area contributed by atoms with E-state index in [-0.39, 0.29) is 0 Å². The topological polar surface area (TPSA) is 44.9 Å². The summed E-state index contributed by atoms with van der Waals surface area (Å²) in [5.41, 5.74) is 5.23. The van der Waals surface area contributed by atoms with Gasteiger partial charge in [-0.15, -0.1) is 0 Å². The molecule has 2 aromatic rings. The maximum absolute atomic E-state index is 8.91. The molecule has 1 aliphatic carbocycles. The highest BCUT2D eigenvalue weighted by Gasteiger charge is 2.16. The molecule has 1 heterocycles. The molecule has 0 amide bonds. The number of benzene rings is 1. The Hall–Kier alpha value is -1.86. The molecular weight excluding hydrogens is 260 g/mol. The molecule has 1 aliphatic rings. The number of aryl methyl sites for hydroxylation is 3. The fourth-order valence-corrected chi connectivity index (χ4v) is 3.22. The lowest BCUT2D eigenvalue weighted by Crippen LogP contribution is -2.15. The molecule has 21 heavy (non-hydrogen) atoms. The van der Waals surface area contributed by atoms with E-state index in [1.807, 2.05) is 0 Å². The molecule has 110 valence electrons. The van der Waals surface area contributed by atoms with Gasteiger partial charge in [0.1, 0.15) is 5.82 Å². The van der Waals surface area contributed by atoms with Gasteiger partial charge >= 0.3 is 0 Å². The van der Waals surface area contributed by atoms with Crippen LogP contribution in [0.2, 0.25) is 0 Å². The van der Waals surface area contributed by atoms with E-state index in [2.05, 4.69) is 41.8 Å². The van der Waals surface area contributed by atoms with E-state index in [4.69, 9.17) is 10.2 Å². The third kappa shape index (κ3) is 2.79. The Labute approximate surface area is 126 Å². The molecule has 0 N–H and O–H groups in total. The lowest BCUT2D eigenvalue weighted by molar-refractivity contribution is 0.382. The normalized spacial score (nSPS) is 14.4. The van der Waals surface area contributed by atoms with Gasteiger partial charge in [-0.05, 0) is 63.0 Å². The fourth-order valence-electron chi connectivity index (χ4n) is 3.22. The second kappa shape index (κ2) is 5.87. The van der Waals surface area contributed by atoms with Gasteiger partial charge in [-0.2, -0.15) is 5.26 Å². The summed E-state index contributed by atoms with van der Waals surface area (Å²) < 4.78 is 2.23. The highest BCUT2D eigenvalue weighted by molar-refractivity contribution is 5.78. The number of fused-ring (bicyclic) bond motifs is 2. The summed E-state index contributed by atoms with van der Waals surface area (Å²) in [5.74, 6) is 1.06. The van der Waals surface area contributed by atoms with E-state index < -0.39 is 0 Å². The molecule has 1 aromatic heterocycles. The first-order chi connectivity index (χ1) is 10.2. The molecule has 0 aliphatic heterocycles. The number of hydrogen-bond acceptors (Lipinski definition) is 3. The van der Waals surface area contributed by atoms with Gasteiger partial charge < -0.3 is 9.47 Å². The van der Waals surface area contributed by atoms with Crippen LogP contribution < -0.4 is 0 Å². The van der Waals surface area contributed by atoms with Crippen molar-refractivity contribution in [2.45, 2.75) is 45.2 Å². The van der Waals surface area contributed by atoms with Crippen LogP contribution in [0.15, 0.2) is 12.1 Å². The molecule has 0 unspecified atom stereocenters. The summed E-state index contributed by atoms with van der Waals surface area (Å²) in [6.07, 6.45) is 5.47. The predicted octanol–water partition coefficient (Wildman–Crippen LogP) is 2.89. The zero-order chi connectivity index (χ0) is 14.8. The van der Waals surface area contributed by atoms with Crippen LogP contribution in [0.5, 0.6) is 0 Å². The van der Waals surface area contributed by atoms with Crippen molar-refractivity contribution in [1.82, 2.24) is 14.5 Å². The Balaban J connectivity index is 2.10. The highest BCUT2D eigenvalue weighted by Crippen LogP contribution is 2.27. The first-order valence-electron chi connectivity index (χ1n) is 7.71. The van der Waals surface area contributed by atoms with Crippen molar-refractivity contribution in [3.63, 3.8) is 0 Å². The van der Waals surface area contributed by atoms with Crippen molar-refractivity contribution >= 4 is 11.0 Å². The van der Waals surface area contributed by atoms with Crippen LogP contribution in [0, 0.1) is 11.3 Å². The fraction of sp³-hybridized carbons (Fsp3) is 0.529. The van der Waals surface area contributed by atoms with Crippen LogP contribution in [0.3, 0.4) is 0 Å². The average molecular weight is 282 g/mol. The van der Waals surface area contributed by atoms with E-state index in [9.17, 15) is 0 Å². The van der Waals surface area contributed by atoms with Crippen molar-refractivity contribution in [1.29, 1.82) is 5.26 Å². The van der Waals surface area contributed by atoms with Crippen LogP contribution in [0.4, 0.5) is 0 Å². The minimum Gasteiger partial charge on any atom is -0.326 e. The molecule has 0 saturated heterocycles. The minimum absolute atomic E-state index is 0.531. The lowest BCUT2D eigenvalue weighted by Gasteiger charge is -2.16. The molecule has 0 fully saturated rings. The Morgan fingerprint density at radius 1 is 1.24 bits per heavy atom. The summed E-state index contributed by atoms with van der Waals surface area (Å²) in [6, 6.07) is 6.83. The van der Waals surface area contributed by atoms with E-state index in [1.54, 1.807) is 0 Å². The molecule has 0 saturated carbocycles. The Morgan fingerprint density at radius 3 is 2.62 bits per heavy atom. The maximum Gasteiger partial charge on any atom is 0.124 e. The summed E-state index contributed by atoms with van der Waals surface area (Å²) >= 11 is 0. The smallest absolute Gasteiger partial charge is 0.124 e. The predicted molar refractivity (Wildman–Crippen MR) is 84.0 cm³/mol. The number of aromatic nitrogens is 2. The minimum atomic E-state index is 0.531. The van der Waals surface area contributed by atoms with Crippen LogP contribution >= 0.6 is 0 Å². The maximum atomic E-state index is 8.91. The third-order valence-corrected chi connectivity index (χ3v) is 4.20. The number of rotatable bonds is 4. The average Bonchev–Trinajstić information content (AvgIpc) is 2.78. The molecule has 4 heteroatoms. The van der Waals surface area contributed by atoms with Crippen molar-refractivity contribution in [3.05, 3.63) is 29.1 Å². The molecule has 4 nitrogen and oxygen atoms in total. The van der Waals surface area contributed by atoms with Crippen LogP contribution in [0.1, 0.15) is 36.2 Å². The zero-order valence-corrected chi connectivity index (χ0v) is 12.9. The first kappa shape index (κ1) is 14.1. The van der Waals surface area contributed by atoms with Crippen LogP contribution in [-0.2, 0) is 25.9 Å². The number of nitriles is 1. The summed E-state index contributed by atoms with van der Waals surface area (Å²) in [7, 11) is 4.11. The quantitative estimate of drug-likeness (QED) is 0.866. The lowest BCUT2D eigenvalue weighted by atomic mass is 9.91. The highest BCUT2D eigenvalue weighted by atomic mass is 15.2. The summed E-state index contributed by atoms with van der Waals surface area (Å²) in [5, 5.41) is 8.91. The van der Waals surface area contributed by atoms with Gasteiger partial charge in [0.05, 0.1) is 30.1 Å². The first-order valence-corrected chi connectivity index (χ1v) is 7.71. The number of hydrogen-bond donors (Lipinski definition) is 0. The van der Waals surface area contributed by atoms with Gasteiger partial charge in [0.25, 0.3) is 0 Å². The largest absolute Gasteiger partial charge is 0.326 e. The van der Waals surface area contributed by atoms with Gasteiger partial charge in [0, 0.05) is 6.54 Å². The Kier molecular flexibility index (Phi) is 3.94. The molecule has 1 aromatic carbocycles. The zero-order valence-electron chi connectivity index (χ0n) is 12.9. The molecule has 0 bridgehead atoms. The van der Waals surface area contributed by atoms with Crippen LogP contribution in [0.25, 0.3) is 11.0 Å². The molecule has 0 radical (unpaired) electrons. The van der Waals surface area contributed by atoms with Gasteiger partial charge in [0.15, 0.2) is 0 Å². The van der Waals surface area contributed by atoms with Crippen molar-refractivity contribution in [3.8, 4) is 6.07 Å². The second-order valence-corrected chi connectivity index (χ2v) is 6.14. The van der Waals surface area contributed by atoms with Crippen molar-refractivity contribution in [2.24, 2.45) is 0 Å². The summed E-state index contributed by atoms with van der Waals surface area (Å²) in [6.45, 7) is 1.54. The van der Waals surface area contributed by atoms with E-state index in [1.165, 1.54) is 42.3 Å². The van der Waals surface area contributed by atoms with E-state index >= 15 is 0 Å². The second-order valence-electron chi connectivity index (χ2n) is 6.14. The van der Waals surface area contributed by atoms with Gasteiger partial charge in [-0.1, -0.05) is 0 Å². The van der Waals surface area contributed by atoms with Crippen molar-refractivity contribution in [2.75, 3.05) is 14.1 Å². The number of nitrogens with zero attached hydrogens (tertiary/aromatic N) is 4. The molecule has 0 spiro atoms. The molecule has 3 rings (SSSR count). The monoisotopic (exact) mass is 282 g/mol. The van der Waals surface area contributed by atoms with Gasteiger partial charge in [0.2, 0.25) is 0 Å². The SMILES string of the molecule is CN(C)Cc1nc2cc3c(cc2n1CCC#N)CCCC3. The molecular formula is C17H22N4. The van der Waals surface area contributed by atoms with Gasteiger partial charge in [-0.3, -0.25) is 0 Å². The third-order valence-electron chi connectivity index (χ3n) is 4.20. The number of imidazole rings is 1. The Bertz CT molecular complexity index is 691. The van der Waals surface area contributed by atoms with Crippen LogP contribution in [-0.4, -0.2) is 28.5 Å².